The minimum absolute atomic E-state index is 0.0519. The number of aromatic amines is 2. The lowest BCUT2D eigenvalue weighted by Gasteiger charge is -2.23. The van der Waals surface area contributed by atoms with E-state index >= 15 is 0 Å². The molecule has 30 heavy (non-hydrogen) atoms. The van der Waals surface area contributed by atoms with Gasteiger partial charge in [-0.05, 0) is 34.6 Å². The Morgan fingerprint density at radius 2 is 1.87 bits per heavy atom. The normalized spacial score (nSPS) is 27.2. The van der Waals surface area contributed by atoms with Crippen LogP contribution in [0, 0.1) is 0 Å². The maximum absolute atomic E-state index is 12.2. The summed E-state index contributed by atoms with van der Waals surface area (Å²) in [6.07, 6.45) is -1.13. The molecule has 3 atom stereocenters. The largest absolute Gasteiger partial charge is 0.348 e. The van der Waals surface area contributed by atoms with Gasteiger partial charge < -0.3 is 29.2 Å². The van der Waals surface area contributed by atoms with Gasteiger partial charge in [0.05, 0.1) is 12.7 Å². The lowest BCUT2D eigenvalue weighted by molar-refractivity contribution is -0.174. The number of thioether (sulfide) groups is 1. The lowest BCUT2D eigenvalue weighted by Crippen LogP contribution is -2.39. The fourth-order valence-corrected chi connectivity index (χ4v) is 4.30. The molecule has 0 aromatic carbocycles. The van der Waals surface area contributed by atoms with Crippen molar-refractivity contribution in [3.63, 3.8) is 0 Å². The zero-order chi connectivity index (χ0) is 22.3. The predicted molar refractivity (Wildman–Crippen MR) is 111 cm³/mol. The molecule has 0 saturated carbocycles. The average Bonchev–Trinajstić information content (AvgIpc) is 3.13. The van der Waals surface area contributed by atoms with Crippen LogP contribution in [0.25, 0.3) is 0 Å². The van der Waals surface area contributed by atoms with Crippen LogP contribution in [-0.2, 0) is 23.7 Å². The summed E-state index contributed by atoms with van der Waals surface area (Å²) in [6.45, 7) is 12.7. The molecule has 3 rings (SSSR count). The molecule has 2 aliphatic rings. The molecule has 2 aliphatic heterocycles. The van der Waals surface area contributed by atoms with Gasteiger partial charge in [-0.2, -0.15) is 0 Å². The van der Waals surface area contributed by atoms with Gasteiger partial charge in [0.25, 0.3) is 11.5 Å². The van der Waals surface area contributed by atoms with Crippen LogP contribution >= 0.6 is 11.8 Å². The first-order valence-electron chi connectivity index (χ1n) is 9.50. The van der Waals surface area contributed by atoms with Crippen LogP contribution in [0.5, 0.6) is 0 Å². The Morgan fingerprint density at radius 3 is 2.47 bits per heavy atom. The van der Waals surface area contributed by atoms with E-state index in [1.54, 1.807) is 13.8 Å². The molecule has 0 aliphatic carbocycles. The Bertz CT molecular complexity index is 952. The first kappa shape index (κ1) is 22.8. The fraction of sp³-hybridized carbons (Fsp3) is 0.632. The number of rotatable bonds is 6. The van der Waals surface area contributed by atoms with Gasteiger partial charge in [0.2, 0.25) is 0 Å². The van der Waals surface area contributed by atoms with Crippen LogP contribution < -0.4 is 16.6 Å². The highest BCUT2D eigenvalue weighted by Crippen LogP contribution is 2.37. The number of H-pyrrole nitrogens is 2. The molecule has 10 nitrogen and oxygen atoms in total. The second-order valence-corrected chi connectivity index (χ2v) is 9.19. The second-order valence-electron chi connectivity index (χ2n) is 8.16. The van der Waals surface area contributed by atoms with Gasteiger partial charge in [0.15, 0.2) is 11.6 Å². The lowest BCUT2D eigenvalue weighted by atomic mass is 10.1. The number of amides is 1. The molecule has 1 aromatic rings. The molecule has 3 N–H and O–H groups in total. The smallest absolute Gasteiger partial charge is 0.326 e. The Balaban J connectivity index is 1.79. The van der Waals surface area contributed by atoms with Crippen molar-refractivity contribution in [2.24, 2.45) is 0 Å². The maximum atomic E-state index is 12.2. The standard InChI is InChI=1S/C19H27N3O7S/c1-9(2)14(23)20-12-15(24)21-17(25)22-16(12)30-8-11-13(29-19(5,6)28-11)10-7-26-18(3,4)27-10/h10-11,13H,1,7-8H2,2-6H3,(H,20,23)(H2,21,22,24,25)/t10-,11+,13-/m1/s1. The molecule has 3 heterocycles. The van der Waals surface area contributed by atoms with E-state index in [0.717, 1.165) is 0 Å². The third-order valence-corrected chi connectivity index (χ3v) is 5.63. The van der Waals surface area contributed by atoms with Gasteiger partial charge in [0, 0.05) is 11.3 Å². The Kier molecular flexibility index (Phi) is 6.30. The monoisotopic (exact) mass is 441 g/mol. The van der Waals surface area contributed by atoms with Crippen molar-refractivity contribution in [1.82, 2.24) is 9.97 Å². The van der Waals surface area contributed by atoms with Crippen molar-refractivity contribution in [3.05, 3.63) is 33.0 Å². The average molecular weight is 442 g/mol. The molecule has 2 fully saturated rings. The van der Waals surface area contributed by atoms with Crippen LogP contribution in [0.1, 0.15) is 34.6 Å². The van der Waals surface area contributed by atoms with Crippen molar-refractivity contribution < 1.29 is 23.7 Å². The number of aromatic nitrogens is 2. The van der Waals surface area contributed by atoms with Crippen LogP contribution in [0.4, 0.5) is 5.69 Å². The van der Waals surface area contributed by atoms with Gasteiger partial charge in [-0.3, -0.25) is 14.6 Å². The highest BCUT2D eigenvalue weighted by atomic mass is 32.2. The van der Waals surface area contributed by atoms with Crippen molar-refractivity contribution in [2.75, 3.05) is 17.7 Å². The second kappa shape index (κ2) is 8.31. The minimum Gasteiger partial charge on any atom is -0.348 e. The molecular weight excluding hydrogens is 414 g/mol. The molecule has 166 valence electrons. The number of carbonyl (C=O) groups excluding carboxylic acids is 1. The quantitative estimate of drug-likeness (QED) is 0.342. The summed E-state index contributed by atoms with van der Waals surface area (Å²) in [5.74, 6) is -1.72. The van der Waals surface area contributed by atoms with E-state index < -0.39 is 40.9 Å². The Labute approximate surface area is 177 Å². The number of carbonyl (C=O) groups is 1. The van der Waals surface area contributed by atoms with Gasteiger partial charge in [-0.25, -0.2) is 4.79 Å². The van der Waals surface area contributed by atoms with Crippen molar-refractivity contribution >= 4 is 23.4 Å². The molecular formula is C19H27N3O7S. The molecule has 0 unspecified atom stereocenters. The molecule has 0 spiro atoms. The Hall–Kier alpha value is -1.92. The summed E-state index contributed by atoms with van der Waals surface area (Å²) >= 11 is 1.17. The van der Waals surface area contributed by atoms with Crippen LogP contribution in [0.2, 0.25) is 0 Å². The van der Waals surface area contributed by atoms with E-state index in [-0.39, 0.29) is 22.4 Å². The van der Waals surface area contributed by atoms with Crippen LogP contribution in [0.15, 0.2) is 26.8 Å². The van der Waals surface area contributed by atoms with Crippen molar-refractivity contribution in [3.8, 4) is 0 Å². The SMILES string of the molecule is C=C(C)C(=O)Nc1c(SC[C@@H]2OC(C)(C)O[C@@H]2[C@H]2COC(C)(C)O2)[nH]c(=O)[nH]c1=O. The molecule has 1 aromatic heterocycles. The van der Waals surface area contributed by atoms with Gasteiger partial charge in [-0.15, -0.1) is 11.8 Å². The number of ether oxygens (including phenoxy) is 4. The maximum Gasteiger partial charge on any atom is 0.326 e. The van der Waals surface area contributed by atoms with E-state index in [2.05, 4.69) is 21.9 Å². The molecule has 1 amide bonds. The van der Waals surface area contributed by atoms with Crippen LogP contribution in [0.3, 0.4) is 0 Å². The van der Waals surface area contributed by atoms with E-state index in [1.165, 1.54) is 18.7 Å². The van der Waals surface area contributed by atoms with Gasteiger partial charge >= 0.3 is 5.69 Å². The van der Waals surface area contributed by atoms with Crippen LogP contribution in [-0.4, -0.2) is 58.1 Å². The summed E-state index contributed by atoms with van der Waals surface area (Å²) in [7, 11) is 0. The van der Waals surface area contributed by atoms with E-state index in [0.29, 0.717) is 12.4 Å². The van der Waals surface area contributed by atoms with Crippen molar-refractivity contribution in [2.45, 2.75) is 69.5 Å². The molecule has 11 heteroatoms. The summed E-state index contributed by atoms with van der Waals surface area (Å²) in [5, 5.41) is 2.70. The fourth-order valence-electron chi connectivity index (χ4n) is 3.26. The first-order valence-corrected chi connectivity index (χ1v) is 10.5. The molecule has 2 saturated heterocycles. The minimum atomic E-state index is -0.829. The molecule has 0 radical (unpaired) electrons. The third kappa shape index (κ3) is 5.22. The van der Waals surface area contributed by atoms with Crippen molar-refractivity contribution in [1.29, 1.82) is 0 Å². The number of hydrogen-bond acceptors (Lipinski definition) is 8. The van der Waals surface area contributed by atoms with E-state index in [1.807, 2.05) is 13.8 Å². The van der Waals surface area contributed by atoms with E-state index in [9.17, 15) is 14.4 Å². The predicted octanol–water partition coefficient (Wildman–Crippen LogP) is 1.34. The number of anilines is 1. The molecule has 0 bridgehead atoms. The Morgan fingerprint density at radius 1 is 1.17 bits per heavy atom. The van der Waals surface area contributed by atoms with Gasteiger partial charge in [0.1, 0.15) is 22.9 Å². The number of hydrogen-bond donors (Lipinski definition) is 3. The zero-order valence-electron chi connectivity index (χ0n) is 17.6. The van der Waals surface area contributed by atoms with Gasteiger partial charge in [-0.1, -0.05) is 6.58 Å². The van der Waals surface area contributed by atoms with E-state index in [4.69, 9.17) is 18.9 Å². The summed E-state index contributed by atoms with van der Waals surface area (Å²) in [4.78, 5) is 40.7. The summed E-state index contributed by atoms with van der Waals surface area (Å²) in [6, 6.07) is 0. The summed E-state index contributed by atoms with van der Waals surface area (Å²) < 4.78 is 23.6. The highest BCUT2D eigenvalue weighted by molar-refractivity contribution is 7.99. The topological polar surface area (TPSA) is 132 Å². The first-order chi connectivity index (χ1) is 13.9. The number of nitrogens with one attached hydrogen (secondary N) is 3. The zero-order valence-corrected chi connectivity index (χ0v) is 18.4. The third-order valence-electron chi connectivity index (χ3n) is 4.54. The summed E-state index contributed by atoms with van der Waals surface area (Å²) in [5.41, 5.74) is -1.20. The highest BCUT2D eigenvalue weighted by Gasteiger charge is 2.49.